The Morgan fingerprint density at radius 1 is 1.10 bits per heavy atom. The van der Waals surface area contributed by atoms with Crippen molar-refractivity contribution in [1.82, 2.24) is 9.97 Å². The molecule has 0 aliphatic carbocycles. The van der Waals surface area contributed by atoms with Crippen LogP contribution in [0.2, 0.25) is 10.0 Å². The van der Waals surface area contributed by atoms with E-state index >= 15 is 0 Å². The Bertz CT molecular complexity index is 592. The van der Waals surface area contributed by atoms with E-state index in [-0.39, 0.29) is 5.92 Å². The van der Waals surface area contributed by atoms with E-state index in [0.29, 0.717) is 10.0 Å². The summed E-state index contributed by atoms with van der Waals surface area (Å²) in [6.45, 7) is 7.10. The van der Waals surface area contributed by atoms with Crippen LogP contribution in [0.15, 0.2) is 24.5 Å². The van der Waals surface area contributed by atoms with Crippen molar-refractivity contribution in [2.45, 2.75) is 26.7 Å². The van der Waals surface area contributed by atoms with Crippen molar-refractivity contribution in [2.75, 3.05) is 11.9 Å². The minimum atomic E-state index is 0.290. The SMILES string of the molecule is CCNc1ncnc(-c2cc(Cl)cc(Cl)c2)c1C(C)C. The van der Waals surface area contributed by atoms with E-state index < -0.39 is 0 Å². The zero-order valence-electron chi connectivity index (χ0n) is 11.7. The molecule has 2 aromatic rings. The molecule has 1 N–H and O–H groups in total. The molecule has 2 rings (SSSR count). The third-order valence-corrected chi connectivity index (χ3v) is 3.38. The van der Waals surface area contributed by atoms with Crippen LogP contribution in [-0.2, 0) is 0 Å². The van der Waals surface area contributed by atoms with E-state index in [1.807, 2.05) is 19.1 Å². The van der Waals surface area contributed by atoms with E-state index in [2.05, 4.69) is 29.1 Å². The summed E-state index contributed by atoms with van der Waals surface area (Å²) in [5.74, 6) is 1.15. The Hall–Kier alpha value is -1.32. The van der Waals surface area contributed by atoms with Crippen molar-refractivity contribution < 1.29 is 0 Å². The molecular weight excluding hydrogens is 293 g/mol. The number of hydrogen-bond donors (Lipinski definition) is 1. The number of rotatable bonds is 4. The summed E-state index contributed by atoms with van der Waals surface area (Å²) < 4.78 is 0. The fourth-order valence-corrected chi connectivity index (χ4v) is 2.70. The molecule has 0 atom stereocenters. The molecule has 1 aromatic carbocycles. The second-order valence-corrected chi connectivity index (χ2v) is 5.70. The molecule has 20 heavy (non-hydrogen) atoms. The van der Waals surface area contributed by atoms with Crippen molar-refractivity contribution >= 4 is 29.0 Å². The lowest BCUT2D eigenvalue weighted by Crippen LogP contribution is -2.07. The Labute approximate surface area is 129 Å². The highest BCUT2D eigenvalue weighted by Crippen LogP contribution is 2.34. The highest BCUT2D eigenvalue weighted by molar-refractivity contribution is 6.35. The zero-order valence-corrected chi connectivity index (χ0v) is 13.3. The van der Waals surface area contributed by atoms with Gasteiger partial charge in [-0.05, 0) is 31.0 Å². The first kappa shape index (κ1) is 15.1. The maximum Gasteiger partial charge on any atom is 0.133 e. The van der Waals surface area contributed by atoms with Gasteiger partial charge in [0.25, 0.3) is 0 Å². The molecule has 0 spiro atoms. The number of halogens is 2. The number of nitrogens with one attached hydrogen (secondary N) is 1. The molecule has 0 aliphatic rings. The summed E-state index contributed by atoms with van der Waals surface area (Å²) in [4.78, 5) is 8.76. The topological polar surface area (TPSA) is 37.8 Å². The van der Waals surface area contributed by atoms with Crippen LogP contribution in [0.1, 0.15) is 32.3 Å². The van der Waals surface area contributed by atoms with Gasteiger partial charge in [0.15, 0.2) is 0 Å². The van der Waals surface area contributed by atoms with Gasteiger partial charge in [0, 0.05) is 27.7 Å². The lowest BCUT2D eigenvalue weighted by atomic mass is 9.97. The van der Waals surface area contributed by atoms with Crippen LogP contribution in [0.4, 0.5) is 5.82 Å². The van der Waals surface area contributed by atoms with E-state index in [4.69, 9.17) is 23.2 Å². The predicted molar refractivity (Wildman–Crippen MR) is 85.7 cm³/mol. The van der Waals surface area contributed by atoms with Crippen LogP contribution in [-0.4, -0.2) is 16.5 Å². The molecule has 1 aromatic heterocycles. The number of anilines is 1. The minimum Gasteiger partial charge on any atom is -0.370 e. The Morgan fingerprint density at radius 2 is 1.75 bits per heavy atom. The largest absolute Gasteiger partial charge is 0.370 e. The highest BCUT2D eigenvalue weighted by atomic mass is 35.5. The van der Waals surface area contributed by atoms with E-state index in [1.165, 1.54) is 0 Å². The molecule has 0 fully saturated rings. The summed E-state index contributed by atoms with van der Waals surface area (Å²) in [7, 11) is 0. The quantitative estimate of drug-likeness (QED) is 0.863. The molecular formula is C15H17Cl2N3. The molecule has 0 aliphatic heterocycles. The van der Waals surface area contributed by atoms with Crippen LogP contribution in [0.5, 0.6) is 0 Å². The fourth-order valence-electron chi connectivity index (χ4n) is 2.17. The van der Waals surface area contributed by atoms with E-state index in [1.54, 1.807) is 12.4 Å². The summed E-state index contributed by atoms with van der Waals surface area (Å²) in [5.41, 5.74) is 2.86. The molecule has 0 radical (unpaired) electrons. The Morgan fingerprint density at radius 3 is 2.30 bits per heavy atom. The van der Waals surface area contributed by atoms with Gasteiger partial charge in [-0.25, -0.2) is 9.97 Å². The maximum absolute atomic E-state index is 6.09. The average molecular weight is 310 g/mol. The summed E-state index contributed by atoms with van der Waals surface area (Å²) in [6, 6.07) is 5.46. The first-order valence-electron chi connectivity index (χ1n) is 6.58. The third kappa shape index (κ3) is 3.22. The molecule has 0 unspecified atom stereocenters. The molecule has 0 saturated heterocycles. The van der Waals surface area contributed by atoms with Gasteiger partial charge in [-0.1, -0.05) is 37.0 Å². The number of nitrogens with zero attached hydrogens (tertiary/aromatic N) is 2. The van der Waals surface area contributed by atoms with Crippen molar-refractivity contribution in [1.29, 1.82) is 0 Å². The van der Waals surface area contributed by atoms with Crippen molar-refractivity contribution in [2.24, 2.45) is 0 Å². The van der Waals surface area contributed by atoms with Crippen LogP contribution in [0.3, 0.4) is 0 Å². The predicted octanol–water partition coefficient (Wildman–Crippen LogP) is 5.01. The van der Waals surface area contributed by atoms with Gasteiger partial charge in [-0.15, -0.1) is 0 Å². The van der Waals surface area contributed by atoms with Crippen LogP contribution < -0.4 is 5.32 Å². The molecule has 1 heterocycles. The van der Waals surface area contributed by atoms with Gasteiger partial charge in [0.1, 0.15) is 12.1 Å². The minimum absolute atomic E-state index is 0.290. The standard InChI is InChI=1S/C15H17Cl2N3/c1-4-18-15-13(9(2)3)14(19-8-20-15)10-5-11(16)7-12(17)6-10/h5-9H,4H2,1-3H3,(H,18,19,20). The Kier molecular flexibility index (Phi) is 4.84. The highest BCUT2D eigenvalue weighted by Gasteiger charge is 2.16. The molecule has 0 amide bonds. The average Bonchev–Trinajstić information content (AvgIpc) is 2.37. The van der Waals surface area contributed by atoms with Crippen molar-refractivity contribution in [3.05, 3.63) is 40.1 Å². The molecule has 0 bridgehead atoms. The molecule has 3 nitrogen and oxygen atoms in total. The van der Waals surface area contributed by atoms with Gasteiger partial charge in [-0.3, -0.25) is 0 Å². The Balaban J connectivity index is 2.63. The summed E-state index contributed by atoms with van der Waals surface area (Å²) >= 11 is 12.2. The lowest BCUT2D eigenvalue weighted by molar-refractivity contribution is 0.849. The second kappa shape index (κ2) is 6.42. The van der Waals surface area contributed by atoms with E-state index in [9.17, 15) is 0 Å². The normalized spacial score (nSPS) is 10.9. The van der Waals surface area contributed by atoms with E-state index in [0.717, 1.165) is 29.2 Å². The van der Waals surface area contributed by atoms with Crippen LogP contribution in [0.25, 0.3) is 11.3 Å². The van der Waals surface area contributed by atoms with Gasteiger partial charge in [-0.2, -0.15) is 0 Å². The van der Waals surface area contributed by atoms with Crippen molar-refractivity contribution in [3.63, 3.8) is 0 Å². The smallest absolute Gasteiger partial charge is 0.133 e. The van der Waals surface area contributed by atoms with Gasteiger partial charge < -0.3 is 5.32 Å². The molecule has 5 heteroatoms. The van der Waals surface area contributed by atoms with Crippen LogP contribution in [0, 0.1) is 0 Å². The van der Waals surface area contributed by atoms with Crippen molar-refractivity contribution in [3.8, 4) is 11.3 Å². The first-order chi connectivity index (χ1) is 9.52. The second-order valence-electron chi connectivity index (χ2n) is 4.83. The first-order valence-corrected chi connectivity index (χ1v) is 7.33. The third-order valence-electron chi connectivity index (χ3n) is 2.94. The number of aromatic nitrogens is 2. The van der Waals surface area contributed by atoms with Crippen LogP contribution >= 0.6 is 23.2 Å². The monoisotopic (exact) mass is 309 g/mol. The summed E-state index contributed by atoms with van der Waals surface area (Å²) in [5, 5.41) is 4.48. The number of hydrogen-bond acceptors (Lipinski definition) is 3. The molecule has 0 saturated carbocycles. The fraction of sp³-hybridized carbons (Fsp3) is 0.333. The summed E-state index contributed by atoms with van der Waals surface area (Å²) in [6.07, 6.45) is 1.56. The zero-order chi connectivity index (χ0) is 14.7. The van der Waals surface area contributed by atoms with Gasteiger partial charge >= 0.3 is 0 Å². The lowest BCUT2D eigenvalue weighted by Gasteiger charge is -2.16. The maximum atomic E-state index is 6.09. The van der Waals surface area contributed by atoms with Gasteiger partial charge in [0.2, 0.25) is 0 Å². The van der Waals surface area contributed by atoms with Gasteiger partial charge in [0.05, 0.1) is 5.69 Å². The molecule has 106 valence electrons. The number of benzene rings is 1.